The summed E-state index contributed by atoms with van der Waals surface area (Å²) in [6.45, 7) is 5.37. The number of aryl methyl sites for hydroxylation is 1. The van der Waals surface area contributed by atoms with Crippen molar-refractivity contribution in [3.8, 4) is 0 Å². The number of esters is 1. The van der Waals surface area contributed by atoms with Gasteiger partial charge in [0.1, 0.15) is 0 Å². The molecule has 1 heterocycles. The molecule has 1 aliphatic rings. The molecule has 0 aliphatic carbocycles. The van der Waals surface area contributed by atoms with Crippen LogP contribution in [0.15, 0.2) is 48.5 Å². The van der Waals surface area contributed by atoms with E-state index in [9.17, 15) is 4.79 Å². The average Bonchev–Trinajstić information content (AvgIpc) is 2.62. The van der Waals surface area contributed by atoms with Crippen molar-refractivity contribution in [1.29, 1.82) is 0 Å². The summed E-state index contributed by atoms with van der Waals surface area (Å²) in [5, 5.41) is 0. The maximum atomic E-state index is 11.7. The smallest absolute Gasteiger partial charge is 0.338 e. The Morgan fingerprint density at radius 1 is 1.25 bits per heavy atom. The minimum atomic E-state index is -0.297. The van der Waals surface area contributed by atoms with Crippen molar-refractivity contribution in [1.82, 2.24) is 4.90 Å². The number of morpholine rings is 1. The van der Waals surface area contributed by atoms with Gasteiger partial charge in [0, 0.05) is 19.6 Å². The molecule has 1 aliphatic heterocycles. The molecule has 4 heteroatoms. The third-order valence-corrected chi connectivity index (χ3v) is 4.43. The van der Waals surface area contributed by atoms with Gasteiger partial charge in [-0.15, -0.1) is 0 Å². The molecule has 24 heavy (non-hydrogen) atoms. The monoisotopic (exact) mass is 325 g/mol. The molecule has 1 fully saturated rings. The van der Waals surface area contributed by atoms with Crippen LogP contribution in [0.25, 0.3) is 0 Å². The van der Waals surface area contributed by atoms with Gasteiger partial charge in [-0.1, -0.05) is 42.5 Å². The second-order valence-electron chi connectivity index (χ2n) is 6.15. The van der Waals surface area contributed by atoms with Gasteiger partial charge < -0.3 is 9.47 Å². The van der Waals surface area contributed by atoms with Gasteiger partial charge in [-0.2, -0.15) is 0 Å². The standard InChI is InChI=1S/C20H23NO3/c1-15-12-17(8-9-18(15)20(22)23-2)19-14-21(10-11-24-19)13-16-6-4-3-5-7-16/h3-9,12,19H,10-11,13-14H2,1-2H3/t19-/m0/s1. The number of benzene rings is 2. The van der Waals surface area contributed by atoms with Gasteiger partial charge in [-0.3, -0.25) is 4.90 Å². The number of hydrogen-bond donors (Lipinski definition) is 0. The molecular formula is C20H23NO3. The third-order valence-electron chi connectivity index (χ3n) is 4.43. The summed E-state index contributed by atoms with van der Waals surface area (Å²) in [5.41, 5.74) is 3.95. The first kappa shape index (κ1) is 16.7. The van der Waals surface area contributed by atoms with Crippen molar-refractivity contribution < 1.29 is 14.3 Å². The van der Waals surface area contributed by atoms with Crippen LogP contribution in [0, 0.1) is 6.92 Å². The normalized spacial score (nSPS) is 18.3. The molecule has 2 aromatic rings. The Bertz CT molecular complexity index is 699. The summed E-state index contributed by atoms with van der Waals surface area (Å²) in [5.74, 6) is -0.297. The number of rotatable bonds is 4. The van der Waals surface area contributed by atoms with Crippen molar-refractivity contribution in [3.05, 3.63) is 70.8 Å². The highest BCUT2D eigenvalue weighted by Crippen LogP contribution is 2.25. The van der Waals surface area contributed by atoms with Crippen molar-refractivity contribution >= 4 is 5.97 Å². The largest absolute Gasteiger partial charge is 0.465 e. The lowest BCUT2D eigenvalue weighted by Gasteiger charge is -2.33. The summed E-state index contributed by atoms with van der Waals surface area (Å²) < 4.78 is 10.8. The molecule has 0 N–H and O–H groups in total. The molecule has 126 valence electrons. The first-order valence-corrected chi connectivity index (χ1v) is 8.24. The summed E-state index contributed by atoms with van der Waals surface area (Å²) in [4.78, 5) is 14.1. The molecule has 0 saturated carbocycles. The molecular weight excluding hydrogens is 302 g/mol. The summed E-state index contributed by atoms with van der Waals surface area (Å²) in [7, 11) is 1.40. The zero-order chi connectivity index (χ0) is 16.9. The van der Waals surface area contributed by atoms with Crippen LogP contribution in [0.4, 0.5) is 0 Å². The molecule has 1 atom stereocenters. The number of ether oxygens (including phenoxy) is 2. The molecule has 0 unspecified atom stereocenters. The molecule has 0 bridgehead atoms. The van der Waals surface area contributed by atoms with Crippen molar-refractivity contribution in [2.45, 2.75) is 19.6 Å². The fourth-order valence-corrected chi connectivity index (χ4v) is 3.12. The lowest BCUT2D eigenvalue weighted by molar-refractivity contribution is -0.0329. The highest BCUT2D eigenvalue weighted by molar-refractivity contribution is 5.91. The van der Waals surface area contributed by atoms with Gasteiger partial charge in [-0.05, 0) is 29.7 Å². The molecule has 2 aromatic carbocycles. The summed E-state index contributed by atoms with van der Waals surface area (Å²) in [6, 6.07) is 16.3. The van der Waals surface area contributed by atoms with Crippen LogP contribution in [0.2, 0.25) is 0 Å². The van der Waals surface area contributed by atoms with E-state index in [1.807, 2.05) is 31.2 Å². The lowest BCUT2D eigenvalue weighted by Crippen LogP contribution is -2.37. The van der Waals surface area contributed by atoms with Crippen LogP contribution in [-0.4, -0.2) is 37.7 Å². The van der Waals surface area contributed by atoms with Crippen LogP contribution in [0.1, 0.15) is 33.2 Å². The minimum Gasteiger partial charge on any atom is -0.465 e. The Kier molecular flexibility index (Phi) is 5.28. The van der Waals surface area contributed by atoms with Gasteiger partial charge in [-0.25, -0.2) is 4.79 Å². The van der Waals surface area contributed by atoms with Gasteiger partial charge in [0.05, 0.1) is 25.4 Å². The van der Waals surface area contributed by atoms with Gasteiger partial charge in [0.25, 0.3) is 0 Å². The van der Waals surface area contributed by atoms with Crippen LogP contribution in [-0.2, 0) is 16.0 Å². The SMILES string of the molecule is COC(=O)c1ccc([C@@H]2CN(Cc3ccccc3)CCO2)cc1C. The first-order chi connectivity index (χ1) is 11.7. The second kappa shape index (κ2) is 7.60. The Morgan fingerprint density at radius 2 is 2.04 bits per heavy atom. The van der Waals surface area contributed by atoms with Crippen molar-refractivity contribution in [2.75, 3.05) is 26.8 Å². The highest BCUT2D eigenvalue weighted by Gasteiger charge is 2.23. The quantitative estimate of drug-likeness (QED) is 0.808. The van der Waals surface area contributed by atoms with Crippen molar-refractivity contribution in [3.63, 3.8) is 0 Å². The molecule has 1 saturated heterocycles. The van der Waals surface area contributed by atoms with Gasteiger partial charge >= 0.3 is 5.97 Å². The molecule has 0 spiro atoms. The molecule has 4 nitrogen and oxygen atoms in total. The number of carbonyl (C=O) groups excluding carboxylic acids is 1. The Labute approximate surface area is 143 Å². The minimum absolute atomic E-state index is 0.0351. The molecule has 0 amide bonds. The van der Waals surface area contributed by atoms with E-state index in [-0.39, 0.29) is 12.1 Å². The summed E-state index contributed by atoms with van der Waals surface area (Å²) in [6.07, 6.45) is 0.0351. The predicted octanol–water partition coefficient (Wildman–Crippen LogP) is 3.36. The van der Waals surface area contributed by atoms with E-state index in [2.05, 4.69) is 29.2 Å². The topological polar surface area (TPSA) is 38.8 Å². The van der Waals surface area contributed by atoms with Gasteiger partial charge in [0.15, 0.2) is 0 Å². The Hall–Kier alpha value is -2.17. The van der Waals surface area contributed by atoms with Crippen LogP contribution >= 0.6 is 0 Å². The third kappa shape index (κ3) is 3.83. The number of carbonyl (C=O) groups is 1. The number of hydrogen-bond acceptors (Lipinski definition) is 4. The van der Waals surface area contributed by atoms with Crippen LogP contribution in [0.3, 0.4) is 0 Å². The van der Waals surface area contributed by atoms with Crippen LogP contribution < -0.4 is 0 Å². The van der Waals surface area contributed by atoms with Gasteiger partial charge in [0.2, 0.25) is 0 Å². The first-order valence-electron chi connectivity index (χ1n) is 8.24. The van der Waals surface area contributed by atoms with E-state index in [1.165, 1.54) is 12.7 Å². The fourth-order valence-electron chi connectivity index (χ4n) is 3.12. The van der Waals surface area contributed by atoms with E-state index in [4.69, 9.17) is 9.47 Å². The maximum Gasteiger partial charge on any atom is 0.338 e. The average molecular weight is 325 g/mol. The van der Waals surface area contributed by atoms with E-state index in [1.54, 1.807) is 0 Å². The zero-order valence-corrected chi connectivity index (χ0v) is 14.2. The number of nitrogens with zero attached hydrogens (tertiary/aromatic N) is 1. The maximum absolute atomic E-state index is 11.7. The van der Waals surface area contributed by atoms with Crippen molar-refractivity contribution in [2.24, 2.45) is 0 Å². The molecule has 3 rings (SSSR count). The molecule has 0 radical (unpaired) electrons. The Morgan fingerprint density at radius 3 is 2.75 bits per heavy atom. The van der Waals surface area contributed by atoms with E-state index in [0.717, 1.165) is 37.4 Å². The molecule has 0 aromatic heterocycles. The van der Waals surface area contributed by atoms with E-state index >= 15 is 0 Å². The summed E-state index contributed by atoms with van der Waals surface area (Å²) >= 11 is 0. The van der Waals surface area contributed by atoms with Crippen LogP contribution in [0.5, 0.6) is 0 Å². The highest BCUT2D eigenvalue weighted by atomic mass is 16.5. The predicted molar refractivity (Wildman–Crippen MR) is 92.9 cm³/mol. The fraction of sp³-hybridized carbons (Fsp3) is 0.350. The second-order valence-corrected chi connectivity index (χ2v) is 6.15. The Balaban J connectivity index is 1.70. The lowest BCUT2D eigenvalue weighted by atomic mass is 10.0. The van der Waals surface area contributed by atoms with E-state index < -0.39 is 0 Å². The zero-order valence-electron chi connectivity index (χ0n) is 14.2. The number of methoxy groups -OCH3 is 1. The van der Waals surface area contributed by atoms with E-state index in [0.29, 0.717) is 5.56 Å².